The summed E-state index contributed by atoms with van der Waals surface area (Å²) in [6, 6.07) is 11.7. The van der Waals surface area contributed by atoms with Crippen LogP contribution in [0.2, 0.25) is 0 Å². The van der Waals surface area contributed by atoms with E-state index in [4.69, 9.17) is 4.74 Å². The quantitative estimate of drug-likeness (QED) is 0.573. The van der Waals surface area contributed by atoms with E-state index in [-0.39, 0.29) is 5.75 Å². The molecular weight excluding hydrogens is 402 g/mol. The normalized spacial score (nSPS) is 15.3. The zero-order chi connectivity index (χ0) is 21.1. The molecule has 158 valence electrons. The first kappa shape index (κ1) is 20.4. The molecule has 1 aliphatic heterocycles. The van der Waals surface area contributed by atoms with Gasteiger partial charge in [-0.05, 0) is 36.4 Å². The highest BCUT2D eigenvalue weighted by Gasteiger charge is 2.31. The Labute approximate surface area is 170 Å². The smallest absolute Gasteiger partial charge is 0.406 e. The van der Waals surface area contributed by atoms with E-state index < -0.39 is 12.2 Å². The Hall–Kier alpha value is -2.91. The molecule has 0 amide bonds. The minimum absolute atomic E-state index is 0.334. The fourth-order valence-corrected chi connectivity index (χ4v) is 3.42. The van der Waals surface area contributed by atoms with Gasteiger partial charge in [-0.2, -0.15) is 5.10 Å². The predicted octanol–water partition coefficient (Wildman–Crippen LogP) is 4.41. The SMILES string of the molecule is Fc1ccccc1-c1c(CN2CCOCC2)cnn1-c1ccc(OC(F)(F)F)cc1. The molecule has 1 saturated heterocycles. The molecule has 0 atom stereocenters. The van der Waals surface area contributed by atoms with E-state index >= 15 is 0 Å². The second-order valence-electron chi connectivity index (χ2n) is 6.84. The van der Waals surface area contributed by atoms with Crippen LogP contribution in [0.25, 0.3) is 16.9 Å². The van der Waals surface area contributed by atoms with Crippen LogP contribution in [0.4, 0.5) is 17.6 Å². The van der Waals surface area contributed by atoms with Crippen molar-refractivity contribution in [3.63, 3.8) is 0 Å². The maximum absolute atomic E-state index is 14.6. The Balaban J connectivity index is 1.71. The molecule has 30 heavy (non-hydrogen) atoms. The topological polar surface area (TPSA) is 39.5 Å². The van der Waals surface area contributed by atoms with Crippen molar-refractivity contribution in [3.8, 4) is 22.7 Å². The van der Waals surface area contributed by atoms with Crippen LogP contribution in [0.1, 0.15) is 5.56 Å². The average molecular weight is 421 g/mol. The van der Waals surface area contributed by atoms with E-state index in [9.17, 15) is 17.6 Å². The van der Waals surface area contributed by atoms with Gasteiger partial charge in [-0.15, -0.1) is 13.2 Å². The maximum Gasteiger partial charge on any atom is 0.573 e. The summed E-state index contributed by atoms with van der Waals surface area (Å²) in [5.41, 5.74) is 2.24. The van der Waals surface area contributed by atoms with E-state index in [0.29, 0.717) is 36.7 Å². The summed E-state index contributed by atoms with van der Waals surface area (Å²) in [5, 5.41) is 4.40. The second-order valence-corrected chi connectivity index (χ2v) is 6.84. The summed E-state index contributed by atoms with van der Waals surface area (Å²) in [6.45, 7) is 3.33. The molecule has 0 spiro atoms. The number of morpholine rings is 1. The van der Waals surface area contributed by atoms with Crippen molar-refractivity contribution in [2.45, 2.75) is 12.9 Å². The highest BCUT2D eigenvalue weighted by atomic mass is 19.4. The van der Waals surface area contributed by atoms with Crippen LogP contribution < -0.4 is 4.74 Å². The van der Waals surface area contributed by atoms with Gasteiger partial charge in [-0.25, -0.2) is 9.07 Å². The average Bonchev–Trinajstić information content (AvgIpc) is 3.12. The summed E-state index contributed by atoms with van der Waals surface area (Å²) in [7, 11) is 0. The van der Waals surface area contributed by atoms with Crippen LogP contribution in [0.15, 0.2) is 54.7 Å². The first-order chi connectivity index (χ1) is 14.4. The number of hydrogen-bond donors (Lipinski definition) is 0. The predicted molar refractivity (Wildman–Crippen MR) is 102 cm³/mol. The summed E-state index contributed by atoms with van der Waals surface area (Å²) >= 11 is 0. The lowest BCUT2D eigenvalue weighted by atomic mass is 10.1. The maximum atomic E-state index is 14.6. The summed E-state index contributed by atoms with van der Waals surface area (Å²) < 4.78 is 62.7. The van der Waals surface area contributed by atoms with Crippen LogP contribution in [0, 0.1) is 5.82 Å². The van der Waals surface area contributed by atoms with E-state index in [1.807, 2.05) is 0 Å². The first-order valence-electron chi connectivity index (χ1n) is 9.39. The van der Waals surface area contributed by atoms with E-state index in [1.54, 1.807) is 24.4 Å². The highest BCUT2D eigenvalue weighted by Crippen LogP contribution is 2.31. The monoisotopic (exact) mass is 421 g/mol. The first-order valence-corrected chi connectivity index (χ1v) is 9.39. The number of hydrogen-bond acceptors (Lipinski definition) is 4. The van der Waals surface area contributed by atoms with Gasteiger partial charge in [-0.1, -0.05) is 12.1 Å². The zero-order valence-electron chi connectivity index (χ0n) is 15.9. The van der Waals surface area contributed by atoms with Gasteiger partial charge in [0.2, 0.25) is 0 Å². The summed E-state index contributed by atoms with van der Waals surface area (Å²) in [4.78, 5) is 2.19. The molecule has 2 heterocycles. The van der Waals surface area contributed by atoms with Crippen molar-refractivity contribution in [1.82, 2.24) is 14.7 Å². The second kappa shape index (κ2) is 8.45. The van der Waals surface area contributed by atoms with Gasteiger partial charge in [0.05, 0.1) is 30.8 Å². The molecule has 0 unspecified atom stereocenters. The third-order valence-electron chi connectivity index (χ3n) is 4.79. The van der Waals surface area contributed by atoms with Gasteiger partial charge < -0.3 is 9.47 Å². The fraction of sp³-hybridized carbons (Fsp3) is 0.286. The molecule has 0 radical (unpaired) electrons. The Morgan fingerprint density at radius 2 is 1.70 bits per heavy atom. The zero-order valence-corrected chi connectivity index (χ0v) is 15.9. The van der Waals surface area contributed by atoms with Gasteiger partial charge >= 0.3 is 6.36 Å². The summed E-state index contributed by atoms with van der Waals surface area (Å²) in [5.74, 6) is -0.737. The minimum atomic E-state index is -4.77. The Kier molecular flexibility index (Phi) is 5.74. The molecule has 9 heteroatoms. The number of aromatic nitrogens is 2. The molecular formula is C21H19F4N3O2. The standard InChI is InChI=1S/C21H19F4N3O2/c22-19-4-2-1-3-18(19)20-15(14-27-9-11-29-12-10-27)13-26-28(20)16-5-7-17(8-6-16)30-21(23,24)25/h1-8,13H,9-12,14H2. The molecule has 4 rings (SSSR count). The number of nitrogens with zero attached hydrogens (tertiary/aromatic N) is 3. The van der Waals surface area contributed by atoms with Crippen molar-refractivity contribution in [2.75, 3.05) is 26.3 Å². The van der Waals surface area contributed by atoms with Crippen LogP contribution in [0.3, 0.4) is 0 Å². The molecule has 0 bridgehead atoms. The minimum Gasteiger partial charge on any atom is -0.406 e. The lowest BCUT2D eigenvalue weighted by Crippen LogP contribution is -2.35. The van der Waals surface area contributed by atoms with Gasteiger partial charge in [0, 0.05) is 30.8 Å². The van der Waals surface area contributed by atoms with E-state index in [1.165, 1.54) is 35.0 Å². The van der Waals surface area contributed by atoms with Crippen LogP contribution in [0.5, 0.6) is 5.75 Å². The van der Waals surface area contributed by atoms with Gasteiger partial charge in [0.1, 0.15) is 11.6 Å². The number of ether oxygens (including phenoxy) is 2. The van der Waals surface area contributed by atoms with Crippen molar-refractivity contribution in [3.05, 3.63) is 66.1 Å². The lowest BCUT2D eigenvalue weighted by Gasteiger charge is -2.26. The summed E-state index contributed by atoms with van der Waals surface area (Å²) in [6.07, 6.45) is -3.10. The van der Waals surface area contributed by atoms with E-state index in [2.05, 4.69) is 14.7 Å². The van der Waals surface area contributed by atoms with Gasteiger partial charge in [-0.3, -0.25) is 4.90 Å². The Bertz CT molecular complexity index is 996. The number of rotatable bonds is 5. The highest BCUT2D eigenvalue weighted by molar-refractivity contribution is 5.66. The number of benzene rings is 2. The molecule has 1 aromatic heterocycles. The molecule has 2 aromatic carbocycles. The Morgan fingerprint density at radius 1 is 1.00 bits per heavy atom. The van der Waals surface area contributed by atoms with Gasteiger partial charge in [0.25, 0.3) is 0 Å². The van der Waals surface area contributed by atoms with Gasteiger partial charge in [0.15, 0.2) is 0 Å². The van der Waals surface area contributed by atoms with E-state index in [0.717, 1.165) is 18.7 Å². The number of alkyl halides is 3. The number of halogens is 4. The van der Waals surface area contributed by atoms with Crippen molar-refractivity contribution in [1.29, 1.82) is 0 Å². The molecule has 1 aliphatic rings. The lowest BCUT2D eigenvalue weighted by molar-refractivity contribution is -0.274. The molecule has 5 nitrogen and oxygen atoms in total. The van der Waals surface area contributed by atoms with Crippen molar-refractivity contribution >= 4 is 0 Å². The Morgan fingerprint density at radius 3 is 2.37 bits per heavy atom. The third-order valence-corrected chi connectivity index (χ3v) is 4.79. The molecule has 3 aromatic rings. The molecule has 0 N–H and O–H groups in total. The molecule has 0 aliphatic carbocycles. The van der Waals surface area contributed by atoms with Crippen molar-refractivity contribution in [2.24, 2.45) is 0 Å². The third kappa shape index (κ3) is 4.63. The van der Waals surface area contributed by atoms with Crippen molar-refractivity contribution < 1.29 is 27.0 Å². The largest absolute Gasteiger partial charge is 0.573 e. The molecule has 1 fully saturated rings. The fourth-order valence-electron chi connectivity index (χ4n) is 3.42. The van der Waals surface area contributed by atoms with Crippen LogP contribution in [-0.2, 0) is 11.3 Å². The van der Waals surface area contributed by atoms with Crippen LogP contribution >= 0.6 is 0 Å². The molecule has 0 saturated carbocycles. The van der Waals surface area contributed by atoms with Crippen LogP contribution in [-0.4, -0.2) is 47.3 Å².